The van der Waals surface area contributed by atoms with Crippen molar-refractivity contribution < 1.29 is 14.1 Å². The molecular weight excluding hydrogens is 348 g/mol. The molecule has 1 aromatic carbocycles. The van der Waals surface area contributed by atoms with Crippen molar-refractivity contribution >= 4 is 5.91 Å². The predicted octanol–water partition coefficient (Wildman–Crippen LogP) is 1.99. The normalized spacial score (nSPS) is 16.7. The number of likely N-dealkylation sites (tertiary alicyclic amines) is 1. The minimum absolute atomic E-state index is 0.00461. The number of carbonyl (C=O) groups is 1. The van der Waals surface area contributed by atoms with Crippen LogP contribution < -0.4 is 4.74 Å². The van der Waals surface area contributed by atoms with Gasteiger partial charge in [-0.2, -0.15) is 4.98 Å². The van der Waals surface area contributed by atoms with Crippen molar-refractivity contribution in [2.75, 3.05) is 20.2 Å². The molecule has 140 valence electrons. The van der Waals surface area contributed by atoms with Gasteiger partial charge in [0.1, 0.15) is 5.75 Å². The van der Waals surface area contributed by atoms with Gasteiger partial charge in [-0.15, -0.1) is 5.10 Å². The molecule has 0 spiro atoms. The van der Waals surface area contributed by atoms with Gasteiger partial charge in [-0.3, -0.25) is 4.79 Å². The largest absolute Gasteiger partial charge is 0.497 e. The molecule has 0 bridgehead atoms. The van der Waals surface area contributed by atoms with Gasteiger partial charge in [0, 0.05) is 25.1 Å². The van der Waals surface area contributed by atoms with Crippen LogP contribution in [0.5, 0.6) is 5.75 Å². The van der Waals surface area contributed by atoms with Crippen LogP contribution in [-0.2, 0) is 6.42 Å². The van der Waals surface area contributed by atoms with E-state index in [1.54, 1.807) is 42.3 Å². The maximum absolute atomic E-state index is 12.7. The topological polar surface area (TPSA) is 99.2 Å². The lowest BCUT2D eigenvalue weighted by atomic mass is 10.2. The summed E-state index contributed by atoms with van der Waals surface area (Å²) in [5.74, 6) is 1.73. The summed E-state index contributed by atoms with van der Waals surface area (Å²) in [5.41, 5.74) is 1.19. The van der Waals surface area contributed by atoms with Crippen molar-refractivity contribution in [3.8, 4) is 17.3 Å². The Balaban J connectivity index is 1.44. The summed E-state index contributed by atoms with van der Waals surface area (Å²) in [5, 5.41) is 12.2. The van der Waals surface area contributed by atoms with Crippen molar-refractivity contribution in [3.63, 3.8) is 0 Å². The number of rotatable bonds is 5. The number of ether oxygens (including phenoxy) is 1. The minimum Gasteiger partial charge on any atom is -0.497 e. The Kier molecular flexibility index (Phi) is 4.57. The van der Waals surface area contributed by atoms with Crippen LogP contribution in [-0.4, -0.2) is 56.1 Å². The third kappa shape index (κ3) is 3.40. The second-order valence-electron chi connectivity index (χ2n) is 6.38. The summed E-state index contributed by atoms with van der Waals surface area (Å²) < 4.78 is 12.1. The van der Waals surface area contributed by atoms with Gasteiger partial charge < -0.3 is 14.2 Å². The molecule has 1 aliphatic heterocycles. The molecular formula is C18H20N6O3. The standard InChI is InChI=1S/C18H20N6O3/c1-3-16-19-17(27-21-16)15-11-24(22-20-15)13-8-9-23(10-13)18(25)12-4-6-14(26-2)7-5-12/h4-7,11,13H,3,8-10H2,1-2H3/t13-/m0/s1. The number of aromatic nitrogens is 5. The van der Waals surface area contributed by atoms with Crippen LogP contribution in [0.4, 0.5) is 0 Å². The van der Waals surface area contributed by atoms with Gasteiger partial charge in [0.2, 0.25) is 0 Å². The van der Waals surface area contributed by atoms with E-state index in [1.807, 2.05) is 11.8 Å². The van der Waals surface area contributed by atoms with Crippen LogP contribution in [0.2, 0.25) is 0 Å². The summed E-state index contributed by atoms with van der Waals surface area (Å²) in [6.45, 7) is 3.21. The Morgan fingerprint density at radius 3 is 2.85 bits per heavy atom. The van der Waals surface area contributed by atoms with Crippen molar-refractivity contribution in [1.29, 1.82) is 0 Å². The van der Waals surface area contributed by atoms with Gasteiger partial charge in [-0.1, -0.05) is 17.3 Å². The van der Waals surface area contributed by atoms with E-state index in [9.17, 15) is 4.79 Å². The molecule has 3 aromatic rings. The highest BCUT2D eigenvalue weighted by atomic mass is 16.5. The van der Waals surface area contributed by atoms with E-state index in [0.717, 1.165) is 12.2 Å². The zero-order valence-electron chi connectivity index (χ0n) is 15.2. The molecule has 1 aliphatic rings. The van der Waals surface area contributed by atoms with Gasteiger partial charge in [-0.05, 0) is 30.7 Å². The highest BCUT2D eigenvalue weighted by molar-refractivity contribution is 5.94. The molecule has 1 amide bonds. The summed E-state index contributed by atoms with van der Waals surface area (Å²) >= 11 is 0. The van der Waals surface area contributed by atoms with Crippen LogP contribution in [0.3, 0.4) is 0 Å². The quantitative estimate of drug-likeness (QED) is 0.679. The Morgan fingerprint density at radius 1 is 1.33 bits per heavy atom. The van der Waals surface area contributed by atoms with Crippen LogP contribution in [0.15, 0.2) is 35.0 Å². The SMILES string of the molecule is CCc1noc(-c2cn([C@H]3CCN(C(=O)c4ccc(OC)cc4)C3)nn2)n1. The maximum atomic E-state index is 12.7. The molecule has 0 aliphatic carbocycles. The molecule has 1 fully saturated rings. The lowest BCUT2D eigenvalue weighted by molar-refractivity contribution is 0.0787. The van der Waals surface area contributed by atoms with Gasteiger partial charge in [0.05, 0.1) is 19.3 Å². The van der Waals surface area contributed by atoms with Crippen molar-refractivity contribution in [2.24, 2.45) is 0 Å². The monoisotopic (exact) mass is 368 g/mol. The third-order valence-corrected chi connectivity index (χ3v) is 4.68. The molecule has 0 saturated carbocycles. The van der Waals surface area contributed by atoms with E-state index in [-0.39, 0.29) is 11.9 Å². The van der Waals surface area contributed by atoms with Gasteiger partial charge >= 0.3 is 0 Å². The van der Waals surface area contributed by atoms with Crippen molar-refractivity contribution in [3.05, 3.63) is 41.9 Å². The summed E-state index contributed by atoms with van der Waals surface area (Å²) in [6.07, 6.45) is 3.30. The molecule has 1 atom stereocenters. The first kappa shape index (κ1) is 17.2. The lowest BCUT2D eigenvalue weighted by Crippen LogP contribution is -2.29. The summed E-state index contributed by atoms with van der Waals surface area (Å²) in [4.78, 5) is 18.8. The third-order valence-electron chi connectivity index (χ3n) is 4.68. The number of aryl methyl sites for hydroxylation is 1. The van der Waals surface area contributed by atoms with E-state index in [0.29, 0.717) is 42.5 Å². The van der Waals surface area contributed by atoms with Gasteiger partial charge in [-0.25, -0.2) is 4.68 Å². The molecule has 9 nitrogen and oxygen atoms in total. The first-order valence-corrected chi connectivity index (χ1v) is 8.86. The van der Waals surface area contributed by atoms with E-state index in [4.69, 9.17) is 9.26 Å². The second-order valence-corrected chi connectivity index (χ2v) is 6.38. The van der Waals surface area contributed by atoms with Crippen LogP contribution in [0, 0.1) is 0 Å². The highest BCUT2D eigenvalue weighted by Crippen LogP contribution is 2.24. The number of amides is 1. The van der Waals surface area contributed by atoms with Crippen LogP contribution >= 0.6 is 0 Å². The average molecular weight is 368 g/mol. The van der Waals surface area contributed by atoms with Gasteiger partial charge in [0.25, 0.3) is 11.8 Å². The Labute approximate surface area is 155 Å². The molecule has 3 heterocycles. The smallest absolute Gasteiger partial charge is 0.280 e. The minimum atomic E-state index is 0.00461. The fourth-order valence-corrected chi connectivity index (χ4v) is 3.11. The van der Waals surface area contributed by atoms with Crippen molar-refractivity contribution in [1.82, 2.24) is 30.0 Å². The average Bonchev–Trinajstić information content (AvgIpc) is 3.46. The predicted molar refractivity (Wildman–Crippen MR) is 95.2 cm³/mol. The number of nitrogens with zero attached hydrogens (tertiary/aromatic N) is 6. The Morgan fingerprint density at radius 2 is 2.15 bits per heavy atom. The molecule has 0 radical (unpaired) electrons. The zero-order chi connectivity index (χ0) is 18.8. The summed E-state index contributed by atoms with van der Waals surface area (Å²) in [6, 6.07) is 7.21. The van der Waals surface area contributed by atoms with E-state index in [2.05, 4.69) is 20.5 Å². The van der Waals surface area contributed by atoms with Crippen LogP contribution in [0.25, 0.3) is 11.6 Å². The number of carbonyl (C=O) groups excluding carboxylic acids is 1. The number of hydrogen-bond acceptors (Lipinski definition) is 7. The van der Waals surface area contributed by atoms with E-state index < -0.39 is 0 Å². The molecule has 2 aromatic heterocycles. The second kappa shape index (κ2) is 7.18. The van der Waals surface area contributed by atoms with Crippen molar-refractivity contribution in [2.45, 2.75) is 25.8 Å². The van der Waals surface area contributed by atoms with E-state index >= 15 is 0 Å². The molecule has 1 saturated heterocycles. The molecule has 27 heavy (non-hydrogen) atoms. The number of methoxy groups -OCH3 is 1. The van der Waals surface area contributed by atoms with Gasteiger partial charge in [0.15, 0.2) is 11.5 Å². The molecule has 0 N–H and O–H groups in total. The molecule has 9 heteroatoms. The number of benzene rings is 1. The number of hydrogen-bond donors (Lipinski definition) is 0. The Bertz CT molecular complexity index is 933. The van der Waals surface area contributed by atoms with E-state index in [1.165, 1.54) is 0 Å². The fourth-order valence-electron chi connectivity index (χ4n) is 3.11. The fraction of sp³-hybridized carbons (Fsp3) is 0.389. The lowest BCUT2D eigenvalue weighted by Gasteiger charge is -2.16. The first-order valence-electron chi connectivity index (χ1n) is 8.86. The first-order chi connectivity index (χ1) is 13.2. The zero-order valence-corrected chi connectivity index (χ0v) is 15.2. The summed E-state index contributed by atoms with van der Waals surface area (Å²) in [7, 11) is 1.60. The molecule has 4 rings (SSSR count). The Hall–Kier alpha value is -3.23. The van der Waals surface area contributed by atoms with Crippen LogP contribution in [0.1, 0.15) is 35.6 Å². The highest BCUT2D eigenvalue weighted by Gasteiger charge is 2.29. The maximum Gasteiger partial charge on any atom is 0.280 e. The molecule has 0 unspecified atom stereocenters.